The third kappa shape index (κ3) is 6.85. The molecule has 0 atom stereocenters. The molecule has 10 nitrogen and oxygen atoms in total. The van der Waals surface area contributed by atoms with E-state index in [1.165, 1.54) is 21.3 Å². The number of nitrogens with zero attached hydrogens (tertiary/aromatic N) is 2. The Morgan fingerprint density at radius 1 is 0.943 bits per heavy atom. The van der Waals surface area contributed by atoms with Crippen LogP contribution in [0.3, 0.4) is 0 Å². The molecule has 0 aliphatic carbocycles. The summed E-state index contributed by atoms with van der Waals surface area (Å²) in [4.78, 5) is 8.18. The zero-order valence-corrected chi connectivity index (χ0v) is 20.7. The molecule has 0 aliphatic heterocycles. The monoisotopic (exact) mass is 505 g/mol. The topological polar surface area (TPSA) is 124 Å². The van der Waals surface area contributed by atoms with Gasteiger partial charge in [-0.25, -0.2) is 17.8 Å². The van der Waals surface area contributed by atoms with Crippen molar-refractivity contribution in [3.63, 3.8) is 0 Å². The van der Waals surface area contributed by atoms with Crippen molar-refractivity contribution in [1.29, 1.82) is 0 Å². The fourth-order valence-electron chi connectivity index (χ4n) is 3.16. The first-order chi connectivity index (χ1) is 16.8. The van der Waals surface area contributed by atoms with Crippen molar-refractivity contribution in [2.75, 3.05) is 42.4 Å². The minimum absolute atomic E-state index is 0.0255. The Morgan fingerprint density at radius 2 is 1.63 bits per heavy atom. The molecule has 0 spiro atoms. The third-order valence-electron chi connectivity index (χ3n) is 4.83. The van der Waals surface area contributed by atoms with Gasteiger partial charge in [0.25, 0.3) is 0 Å². The van der Waals surface area contributed by atoms with E-state index >= 15 is 0 Å². The van der Waals surface area contributed by atoms with Crippen LogP contribution in [0.2, 0.25) is 0 Å². The standard InChI is InChI=1S/C23H28FN5O5S/c1-5-6-10-35(30,31)29-16-9-7-8-15(11-16)26-22-18(24)14-25-23(28-22)27-17-12-19(32-2)21(34-4)20(13-17)33-3/h7-9,11-14,29H,5-6,10H2,1-4H3,(H2,25,26,27,28). The minimum atomic E-state index is -3.47. The first kappa shape index (κ1) is 25.8. The van der Waals surface area contributed by atoms with E-state index in [0.29, 0.717) is 40.7 Å². The summed E-state index contributed by atoms with van der Waals surface area (Å²) in [5.41, 5.74) is 1.33. The van der Waals surface area contributed by atoms with E-state index in [-0.39, 0.29) is 17.5 Å². The molecule has 3 rings (SSSR count). The lowest BCUT2D eigenvalue weighted by molar-refractivity contribution is 0.324. The van der Waals surface area contributed by atoms with Crippen LogP contribution >= 0.6 is 0 Å². The molecular weight excluding hydrogens is 477 g/mol. The average Bonchev–Trinajstić information content (AvgIpc) is 2.84. The molecule has 188 valence electrons. The summed E-state index contributed by atoms with van der Waals surface area (Å²) in [5.74, 6) is 0.626. The zero-order chi connectivity index (χ0) is 25.4. The number of anilines is 5. The van der Waals surface area contributed by atoms with Crippen LogP contribution in [0.4, 0.5) is 33.2 Å². The first-order valence-corrected chi connectivity index (χ1v) is 12.4. The maximum atomic E-state index is 14.5. The van der Waals surface area contributed by atoms with Gasteiger partial charge >= 0.3 is 0 Å². The number of hydrogen-bond donors (Lipinski definition) is 3. The quantitative estimate of drug-likeness (QED) is 0.322. The van der Waals surface area contributed by atoms with Crippen molar-refractivity contribution < 1.29 is 27.0 Å². The van der Waals surface area contributed by atoms with Crippen LogP contribution in [0.5, 0.6) is 17.2 Å². The van der Waals surface area contributed by atoms with Crippen molar-refractivity contribution in [2.24, 2.45) is 0 Å². The normalized spacial score (nSPS) is 11.0. The summed E-state index contributed by atoms with van der Waals surface area (Å²) in [6.07, 6.45) is 2.34. The van der Waals surface area contributed by atoms with Crippen molar-refractivity contribution >= 4 is 38.9 Å². The summed E-state index contributed by atoms with van der Waals surface area (Å²) in [6, 6.07) is 9.80. The van der Waals surface area contributed by atoms with E-state index in [1.807, 2.05) is 6.92 Å². The first-order valence-electron chi connectivity index (χ1n) is 10.8. The lowest BCUT2D eigenvalue weighted by Crippen LogP contribution is -2.16. The highest BCUT2D eigenvalue weighted by Crippen LogP contribution is 2.40. The maximum absolute atomic E-state index is 14.5. The number of sulfonamides is 1. The highest BCUT2D eigenvalue weighted by Gasteiger charge is 2.15. The Bertz CT molecular complexity index is 1250. The second-order valence-electron chi connectivity index (χ2n) is 7.41. The van der Waals surface area contributed by atoms with Gasteiger partial charge < -0.3 is 24.8 Å². The van der Waals surface area contributed by atoms with Gasteiger partial charge in [0.1, 0.15) is 0 Å². The lowest BCUT2D eigenvalue weighted by Gasteiger charge is -2.15. The molecule has 0 radical (unpaired) electrons. The highest BCUT2D eigenvalue weighted by molar-refractivity contribution is 7.92. The van der Waals surface area contributed by atoms with Crippen molar-refractivity contribution in [3.05, 3.63) is 48.4 Å². The molecule has 12 heteroatoms. The molecule has 35 heavy (non-hydrogen) atoms. The molecule has 3 N–H and O–H groups in total. The molecule has 0 fully saturated rings. The Hall–Kier alpha value is -3.80. The number of methoxy groups -OCH3 is 3. The summed E-state index contributed by atoms with van der Waals surface area (Å²) >= 11 is 0. The van der Waals surface area contributed by atoms with E-state index in [0.717, 1.165) is 12.6 Å². The lowest BCUT2D eigenvalue weighted by atomic mass is 10.2. The summed E-state index contributed by atoms with van der Waals surface area (Å²) < 4.78 is 57.4. The molecule has 1 heterocycles. The predicted octanol–water partition coefficient (Wildman–Crippen LogP) is 4.67. The molecule has 0 saturated carbocycles. The Labute approximate surface area is 203 Å². The third-order valence-corrected chi connectivity index (χ3v) is 6.20. The number of nitrogens with one attached hydrogen (secondary N) is 3. The molecular formula is C23H28FN5O5S. The highest BCUT2D eigenvalue weighted by atomic mass is 32.2. The predicted molar refractivity (Wildman–Crippen MR) is 133 cm³/mol. The summed E-state index contributed by atoms with van der Waals surface area (Å²) in [6.45, 7) is 1.92. The average molecular weight is 506 g/mol. The summed E-state index contributed by atoms with van der Waals surface area (Å²) in [7, 11) is 1.02. The van der Waals surface area contributed by atoms with E-state index in [1.54, 1.807) is 36.4 Å². The number of benzene rings is 2. The van der Waals surface area contributed by atoms with E-state index in [2.05, 4.69) is 25.3 Å². The number of ether oxygens (including phenoxy) is 3. The van der Waals surface area contributed by atoms with Crippen LogP contribution in [-0.4, -0.2) is 45.5 Å². The number of aromatic nitrogens is 2. The van der Waals surface area contributed by atoms with Crippen molar-refractivity contribution in [2.45, 2.75) is 19.8 Å². The molecule has 2 aromatic carbocycles. The van der Waals surface area contributed by atoms with Crippen molar-refractivity contribution in [3.8, 4) is 17.2 Å². The van der Waals surface area contributed by atoms with Gasteiger partial charge in [0.2, 0.25) is 21.7 Å². The molecule has 0 amide bonds. The number of rotatable bonds is 12. The van der Waals surface area contributed by atoms with Gasteiger partial charge in [-0.2, -0.15) is 4.98 Å². The molecule has 0 unspecified atom stereocenters. The van der Waals surface area contributed by atoms with Crippen LogP contribution in [0.25, 0.3) is 0 Å². The van der Waals surface area contributed by atoms with Crippen LogP contribution in [0, 0.1) is 5.82 Å². The largest absolute Gasteiger partial charge is 0.493 e. The summed E-state index contributed by atoms with van der Waals surface area (Å²) in [5, 5.41) is 5.84. The number of halogens is 1. The SMILES string of the molecule is CCCCS(=O)(=O)Nc1cccc(Nc2nc(Nc3cc(OC)c(OC)c(OC)c3)ncc2F)c1. The fraction of sp³-hybridized carbons (Fsp3) is 0.304. The maximum Gasteiger partial charge on any atom is 0.232 e. The van der Waals surface area contributed by atoms with Gasteiger partial charge in [0.05, 0.1) is 39.0 Å². The van der Waals surface area contributed by atoms with Crippen LogP contribution in [-0.2, 0) is 10.0 Å². The zero-order valence-electron chi connectivity index (χ0n) is 19.9. The van der Waals surface area contributed by atoms with E-state index in [4.69, 9.17) is 14.2 Å². The number of unbranched alkanes of at least 4 members (excludes halogenated alkanes) is 1. The van der Waals surface area contributed by atoms with Gasteiger partial charge in [-0.3, -0.25) is 4.72 Å². The van der Waals surface area contributed by atoms with Gasteiger partial charge in [0, 0.05) is 23.5 Å². The van der Waals surface area contributed by atoms with Gasteiger partial charge in [-0.15, -0.1) is 0 Å². The molecule has 3 aromatic rings. The van der Waals surface area contributed by atoms with Crippen LogP contribution < -0.4 is 29.6 Å². The van der Waals surface area contributed by atoms with E-state index in [9.17, 15) is 12.8 Å². The van der Waals surface area contributed by atoms with Gasteiger partial charge in [-0.1, -0.05) is 19.4 Å². The Balaban J connectivity index is 1.81. The van der Waals surface area contributed by atoms with Crippen LogP contribution in [0.15, 0.2) is 42.6 Å². The molecule has 0 aliphatic rings. The molecule has 1 aromatic heterocycles. The Kier molecular flexibility index (Phi) is 8.53. The molecule has 0 bridgehead atoms. The second-order valence-corrected chi connectivity index (χ2v) is 9.25. The minimum Gasteiger partial charge on any atom is -0.493 e. The second kappa shape index (κ2) is 11.6. The van der Waals surface area contributed by atoms with Gasteiger partial charge in [0.15, 0.2) is 23.1 Å². The number of hydrogen-bond acceptors (Lipinski definition) is 9. The molecule has 0 saturated heterocycles. The van der Waals surface area contributed by atoms with Crippen LogP contribution in [0.1, 0.15) is 19.8 Å². The van der Waals surface area contributed by atoms with Crippen molar-refractivity contribution in [1.82, 2.24) is 9.97 Å². The fourth-order valence-corrected chi connectivity index (χ4v) is 4.42. The smallest absolute Gasteiger partial charge is 0.232 e. The van der Waals surface area contributed by atoms with E-state index < -0.39 is 15.8 Å². The Morgan fingerprint density at radius 3 is 2.26 bits per heavy atom. The van der Waals surface area contributed by atoms with Gasteiger partial charge in [-0.05, 0) is 24.6 Å².